The molecule has 3 aromatic rings. The Labute approximate surface area is 183 Å². The molecule has 0 saturated carbocycles. The number of carbonyl (C=O) groups is 2. The lowest BCUT2D eigenvalue weighted by Gasteiger charge is -2.19. The van der Waals surface area contributed by atoms with Crippen LogP contribution < -0.4 is 20.5 Å². The van der Waals surface area contributed by atoms with Crippen molar-refractivity contribution < 1.29 is 14.3 Å². The number of rotatable bonds is 6. The fraction of sp³-hybridized carbons (Fsp3) is 0.364. The highest BCUT2D eigenvalue weighted by molar-refractivity contribution is 7.18. The quantitative estimate of drug-likeness (QED) is 0.612. The second-order valence-electron chi connectivity index (χ2n) is 7.56. The van der Waals surface area contributed by atoms with E-state index in [4.69, 9.17) is 4.74 Å². The van der Waals surface area contributed by atoms with E-state index in [1.807, 2.05) is 13.8 Å². The van der Waals surface area contributed by atoms with E-state index in [1.54, 1.807) is 23.1 Å². The number of aryl methyl sites for hydroxylation is 3. The first kappa shape index (κ1) is 21.0. The molecule has 8 nitrogen and oxygen atoms in total. The Kier molecular flexibility index (Phi) is 5.77. The van der Waals surface area contributed by atoms with Crippen molar-refractivity contribution in [3.8, 4) is 5.75 Å². The summed E-state index contributed by atoms with van der Waals surface area (Å²) in [5.41, 5.74) is 2.07. The minimum absolute atomic E-state index is 0.0738. The molecular weight excluding hydrogens is 416 g/mol. The number of nitrogens with one attached hydrogen (secondary N) is 2. The molecule has 1 saturated heterocycles. The second kappa shape index (κ2) is 8.50. The third kappa shape index (κ3) is 4.18. The van der Waals surface area contributed by atoms with E-state index < -0.39 is 0 Å². The molecular formula is C22H24N4O4S. The lowest BCUT2D eigenvalue weighted by atomic mass is 10.2. The summed E-state index contributed by atoms with van der Waals surface area (Å²) < 4.78 is 5.43. The van der Waals surface area contributed by atoms with Gasteiger partial charge in [0.05, 0.1) is 18.2 Å². The lowest BCUT2D eigenvalue weighted by Crippen LogP contribution is -2.24. The molecule has 31 heavy (non-hydrogen) atoms. The number of amides is 2. The van der Waals surface area contributed by atoms with Crippen LogP contribution in [0.1, 0.15) is 35.5 Å². The van der Waals surface area contributed by atoms with Crippen molar-refractivity contribution in [2.75, 3.05) is 23.9 Å². The monoisotopic (exact) mass is 440 g/mol. The van der Waals surface area contributed by atoms with Gasteiger partial charge in [0, 0.05) is 42.4 Å². The highest BCUT2D eigenvalue weighted by Gasteiger charge is 2.24. The summed E-state index contributed by atoms with van der Waals surface area (Å²) >= 11 is 1.49. The van der Waals surface area contributed by atoms with Crippen molar-refractivity contribution in [2.24, 2.45) is 0 Å². The largest absolute Gasteiger partial charge is 0.494 e. The number of aromatic amines is 1. The second-order valence-corrected chi connectivity index (χ2v) is 8.76. The average molecular weight is 441 g/mol. The summed E-state index contributed by atoms with van der Waals surface area (Å²) in [6, 6.07) is 5.25. The van der Waals surface area contributed by atoms with Crippen molar-refractivity contribution in [2.45, 2.75) is 39.5 Å². The molecule has 9 heteroatoms. The van der Waals surface area contributed by atoms with Crippen LogP contribution in [-0.4, -0.2) is 35.4 Å². The van der Waals surface area contributed by atoms with Crippen LogP contribution >= 0.6 is 11.3 Å². The fourth-order valence-electron chi connectivity index (χ4n) is 3.75. The molecule has 0 radical (unpaired) electrons. The third-order valence-corrected chi connectivity index (χ3v) is 6.61. The minimum atomic E-state index is -0.201. The number of anilines is 2. The Balaban J connectivity index is 1.44. The van der Waals surface area contributed by atoms with Crippen LogP contribution in [0.3, 0.4) is 0 Å². The topological polar surface area (TPSA) is 104 Å². The Morgan fingerprint density at radius 3 is 2.84 bits per heavy atom. The van der Waals surface area contributed by atoms with Gasteiger partial charge in [-0.05, 0) is 38.0 Å². The maximum Gasteiger partial charge on any atom is 0.259 e. The Hall–Kier alpha value is -3.20. The molecule has 0 aliphatic carbocycles. The van der Waals surface area contributed by atoms with E-state index >= 15 is 0 Å². The van der Waals surface area contributed by atoms with E-state index in [2.05, 4.69) is 15.3 Å². The maximum absolute atomic E-state index is 12.5. The number of ether oxygens (including phenoxy) is 1. The predicted molar refractivity (Wildman–Crippen MR) is 121 cm³/mol. The van der Waals surface area contributed by atoms with Crippen LogP contribution in [0, 0.1) is 13.8 Å². The Morgan fingerprint density at radius 2 is 2.13 bits per heavy atom. The van der Waals surface area contributed by atoms with E-state index in [1.165, 1.54) is 18.4 Å². The van der Waals surface area contributed by atoms with E-state index in [-0.39, 0.29) is 23.8 Å². The van der Waals surface area contributed by atoms with Crippen molar-refractivity contribution in [1.29, 1.82) is 0 Å². The number of hydrogen-bond donors (Lipinski definition) is 2. The number of hydrogen-bond acceptors (Lipinski definition) is 6. The first-order valence-electron chi connectivity index (χ1n) is 10.1. The first-order valence-corrected chi connectivity index (χ1v) is 11.0. The van der Waals surface area contributed by atoms with Crippen molar-refractivity contribution >= 4 is 44.7 Å². The molecule has 2 amide bonds. The standard InChI is InChI=1S/C22H24N4O4S/c1-12-13(2)31-22-20(12)21(29)24-17(25-22)8-9-18(27)23-14-6-7-15(16(11-14)30-3)26-10-4-5-19(26)28/h6-7,11H,4-5,8-10H2,1-3H3,(H,23,27)(H,24,25,29). The van der Waals surface area contributed by atoms with Gasteiger partial charge in [0.1, 0.15) is 16.4 Å². The fourth-order valence-corrected chi connectivity index (χ4v) is 4.80. The van der Waals surface area contributed by atoms with Crippen LogP contribution in [0.5, 0.6) is 5.75 Å². The van der Waals surface area contributed by atoms with Gasteiger partial charge in [0.15, 0.2) is 0 Å². The van der Waals surface area contributed by atoms with Crippen LogP contribution in [0.4, 0.5) is 11.4 Å². The molecule has 1 aliphatic rings. The van der Waals surface area contributed by atoms with Crippen LogP contribution in [0.25, 0.3) is 10.2 Å². The number of benzene rings is 1. The van der Waals surface area contributed by atoms with E-state index in [0.29, 0.717) is 52.6 Å². The van der Waals surface area contributed by atoms with Gasteiger partial charge in [-0.1, -0.05) is 0 Å². The van der Waals surface area contributed by atoms with Crippen molar-refractivity contribution in [3.05, 3.63) is 44.8 Å². The highest BCUT2D eigenvalue weighted by Crippen LogP contribution is 2.34. The third-order valence-electron chi connectivity index (χ3n) is 5.50. The summed E-state index contributed by atoms with van der Waals surface area (Å²) in [4.78, 5) is 47.6. The zero-order chi connectivity index (χ0) is 22.1. The van der Waals surface area contributed by atoms with Crippen LogP contribution in [0.2, 0.25) is 0 Å². The number of methoxy groups -OCH3 is 1. The van der Waals surface area contributed by atoms with Gasteiger partial charge in [-0.15, -0.1) is 11.3 Å². The number of thiophene rings is 1. The Bertz CT molecular complexity index is 1230. The van der Waals surface area contributed by atoms with E-state index in [9.17, 15) is 14.4 Å². The van der Waals surface area contributed by atoms with Gasteiger partial charge in [-0.3, -0.25) is 14.4 Å². The molecule has 0 unspecified atom stereocenters. The van der Waals surface area contributed by atoms with Crippen molar-refractivity contribution in [3.63, 3.8) is 0 Å². The Morgan fingerprint density at radius 1 is 1.32 bits per heavy atom. The molecule has 0 bridgehead atoms. The number of H-pyrrole nitrogens is 1. The molecule has 2 aromatic heterocycles. The zero-order valence-electron chi connectivity index (χ0n) is 17.7. The SMILES string of the molecule is COc1cc(NC(=O)CCc2nc3sc(C)c(C)c3c(=O)[nH]2)ccc1N1CCCC1=O. The first-order chi connectivity index (χ1) is 14.9. The lowest BCUT2D eigenvalue weighted by molar-refractivity contribution is -0.117. The van der Waals surface area contributed by atoms with Gasteiger partial charge in [0.25, 0.3) is 5.56 Å². The molecule has 1 fully saturated rings. The van der Waals surface area contributed by atoms with Crippen molar-refractivity contribution in [1.82, 2.24) is 9.97 Å². The molecule has 1 aromatic carbocycles. The summed E-state index contributed by atoms with van der Waals surface area (Å²) in [6.07, 6.45) is 1.86. The number of fused-ring (bicyclic) bond motifs is 1. The summed E-state index contributed by atoms with van der Waals surface area (Å²) in [5, 5.41) is 3.47. The minimum Gasteiger partial charge on any atom is -0.494 e. The normalized spacial score (nSPS) is 13.8. The summed E-state index contributed by atoms with van der Waals surface area (Å²) in [6.45, 7) is 4.55. The molecule has 0 spiro atoms. The van der Waals surface area contributed by atoms with Gasteiger partial charge < -0.3 is 19.9 Å². The molecule has 0 atom stereocenters. The molecule has 162 valence electrons. The number of carbonyl (C=O) groups excluding carboxylic acids is 2. The number of aromatic nitrogens is 2. The molecule has 2 N–H and O–H groups in total. The van der Waals surface area contributed by atoms with Gasteiger partial charge >= 0.3 is 0 Å². The number of nitrogens with zero attached hydrogens (tertiary/aromatic N) is 2. The zero-order valence-corrected chi connectivity index (χ0v) is 18.5. The molecule has 4 rings (SSSR count). The van der Waals surface area contributed by atoms with Crippen LogP contribution in [0.15, 0.2) is 23.0 Å². The summed E-state index contributed by atoms with van der Waals surface area (Å²) in [7, 11) is 1.54. The summed E-state index contributed by atoms with van der Waals surface area (Å²) in [5.74, 6) is 0.903. The average Bonchev–Trinajstić information content (AvgIpc) is 3.29. The highest BCUT2D eigenvalue weighted by atomic mass is 32.1. The predicted octanol–water partition coefficient (Wildman–Crippen LogP) is 3.31. The van der Waals surface area contributed by atoms with Gasteiger partial charge in [-0.25, -0.2) is 4.98 Å². The van der Waals surface area contributed by atoms with Gasteiger partial charge in [-0.2, -0.15) is 0 Å². The van der Waals surface area contributed by atoms with Crippen LogP contribution in [-0.2, 0) is 16.0 Å². The van der Waals surface area contributed by atoms with E-state index in [0.717, 1.165) is 16.9 Å². The maximum atomic E-state index is 12.5. The molecule has 1 aliphatic heterocycles. The molecule has 3 heterocycles. The van der Waals surface area contributed by atoms with Gasteiger partial charge in [0.2, 0.25) is 11.8 Å². The smallest absolute Gasteiger partial charge is 0.259 e.